The minimum Gasteiger partial charge on any atom is -0.407 e. The van der Waals surface area contributed by atoms with Crippen LogP contribution in [0.15, 0.2) is 52.9 Å². The Labute approximate surface area is 142 Å². The summed E-state index contributed by atoms with van der Waals surface area (Å²) in [6, 6.07) is 13.2. The molecule has 25 heavy (non-hydrogen) atoms. The second-order valence-corrected chi connectivity index (χ2v) is 5.42. The maximum atomic E-state index is 12.1. The molecular formula is C17H14N4O4. The molecule has 3 aromatic rings. The summed E-state index contributed by atoms with van der Waals surface area (Å²) < 4.78 is 5.40. The number of anilines is 1. The number of nitro groups is 1. The molecule has 0 aliphatic rings. The molecule has 1 aromatic heterocycles. The molecule has 1 amide bonds. The van der Waals surface area contributed by atoms with Crippen molar-refractivity contribution >= 4 is 17.6 Å². The van der Waals surface area contributed by atoms with Crippen LogP contribution in [0.3, 0.4) is 0 Å². The monoisotopic (exact) mass is 338 g/mol. The topological polar surface area (TPSA) is 111 Å². The van der Waals surface area contributed by atoms with Gasteiger partial charge in [0.1, 0.15) is 0 Å². The standard InChI is InChI=1S/C17H14N4O4/c1-11-5-7-12(8-6-11)9-15-19-20-17(25-15)18-16(22)13-3-2-4-14(10-13)21(23)24/h2-8,10H,9H2,1H3,(H,18,20,22). The van der Waals surface area contributed by atoms with Crippen molar-refractivity contribution in [2.75, 3.05) is 5.32 Å². The first-order valence-corrected chi connectivity index (χ1v) is 7.45. The number of hydrogen-bond acceptors (Lipinski definition) is 6. The highest BCUT2D eigenvalue weighted by atomic mass is 16.6. The Bertz CT molecular complexity index is 918. The Balaban J connectivity index is 1.68. The summed E-state index contributed by atoms with van der Waals surface area (Å²) in [5.74, 6) is -0.201. The van der Waals surface area contributed by atoms with Gasteiger partial charge in [-0.1, -0.05) is 41.0 Å². The van der Waals surface area contributed by atoms with Crippen LogP contribution in [0.4, 0.5) is 11.7 Å². The van der Waals surface area contributed by atoms with Gasteiger partial charge in [-0.15, -0.1) is 5.10 Å². The first-order chi connectivity index (χ1) is 12.0. The van der Waals surface area contributed by atoms with E-state index < -0.39 is 10.8 Å². The van der Waals surface area contributed by atoms with Crippen molar-refractivity contribution in [3.8, 4) is 0 Å². The molecule has 0 aliphatic heterocycles. The highest BCUT2D eigenvalue weighted by molar-refractivity contribution is 6.03. The summed E-state index contributed by atoms with van der Waals surface area (Å²) in [5, 5.41) is 20.9. The molecule has 2 aromatic carbocycles. The zero-order chi connectivity index (χ0) is 17.8. The summed E-state index contributed by atoms with van der Waals surface area (Å²) in [7, 11) is 0. The predicted molar refractivity (Wildman–Crippen MR) is 89.3 cm³/mol. The second-order valence-electron chi connectivity index (χ2n) is 5.42. The van der Waals surface area contributed by atoms with E-state index >= 15 is 0 Å². The van der Waals surface area contributed by atoms with Crippen LogP contribution in [0.2, 0.25) is 0 Å². The van der Waals surface area contributed by atoms with Gasteiger partial charge in [-0.2, -0.15) is 0 Å². The number of carbonyl (C=O) groups excluding carboxylic acids is 1. The summed E-state index contributed by atoms with van der Waals surface area (Å²) >= 11 is 0. The zero-order valence-electron chi connectivity index (χ0n) is 13.3. The van der Waals surface area contributed by atoms with E-state index in [-0.39, 0.29) is 17.3 Å². The molecule has 0 fully saturated rings. The maximum Gasteiger partial charge on any atom is 0.322 e. The third-order valence-electron chi connectivity index (χ3n) is 3.48. The van der Waals surface area contributed by atoms with Crippen molar-refractivity contribution in [3.05, 3.63) is 81.2 Å². The van der Waals surface area contributed by atoms with Crippen LogP contribution < -0.4 is 5.32 Å². The molecule has 0 atom stereocenters. The van der Waals surface area contributed by atoms with Crippen molar-refractivity contribution in [1.82, 2.24) is 10.2 Å². The van der Waals surface area contributed by atoms with E-state index in [9.17, 15) is 14.9 Å². The number of benzene rings is 2. The molecule has 1 N–H and O–H groups in total. The number of amides is 1. The molecule has 126 valence electrons. The number of carbonyl (C=O) groups is 1. The van der Waals surface area contributed by atoms with Gasteiger partial charge in [-0.25, -0.2) is 0 Å². The molecular weight excluding hydrogens is 324 g/mol. The van der Waals surface area contributed by atoms with Crippen LogP contribution in [0.1, 0.15) is 27.4 Å². The lowest BCUT2D eigenvalue weighted by atomic mass is 10.1. The van der Waals surface area contributed by atoms with Crippen molar-refractivity contribution in [2.24, 2.45) is 0 Å². The number of aromatic nitrogens is 2. The number of nitro benzene ring substituents is 1. The molecule has 0 bridgehead atoms. The first-order valence-electron chi connectivity index (χ1n) is 7.45. The summed E-state index contributed by atoms with van der Waals surface area (Å²) in [4.78, 5) is 22.3. The average molecular weight is 338 g/mol. The summed E-state index contributed by atoms with van der Waals surface area (Å²) in [6.45, 7) is 2.00. The van der Waals surface area contributed by atoms with E-state index in [0.29, 0.717) is 12.3 Å². The van der Waals surface area contributed by atoms with Gasteiger partial charge in [0.25, 0.3) is 11.6 Å². The number of rotatable bonds is 5. The molecule has 0 aliphatic carbocycles. The van der Waals surface area contributed by atoms with E-state index in [0.717, 1.165) is 11.1 Å². The number of non-ortho nitro benzene ring substituents is 1. The van der Waals surface area contributed by atoms with Gasteiger partial charge in [-0.05, 0) is 18.6 Å². The minimum atomic E-state index is -0.566. The van der Waals surface area contributed by atoms with Gasteiger partial charge < -0.3 is 4.42 Å². The zero-order valence-corrected chi connectivity index (χ0v) is 13.3. The van der Waals surface area contributed by atoms with Crippen LogP contribution in [-0.4, -0.2) is 21.0 Å². The van der Waals surface area contributed by atoms with E-state index in [2.05, 4.69) is 15.5 Å². The normalized spacial score (nSPS) is 10.4. The highest BCUT2D eigenvalue weighted by Gasteiger charge is 2.14. The largest absolute Gasteiger partial charge is 0.407 e. The maximum absolute atomic E-state index is 12.1. The molecule has 8 nitrogen and oxygen atoms in total. The van der Waals surface area contributed by atoms with Gasteiger partial charge in [0, 0.05) is 17.7 Å². The van der Waals surface area contributed by atoms with Crippen molar-refractivity contribution in [3.63, 3.8) is 0 Å². The molecule has 8 heteroatoms. The third kappa shape index (κ3) is 4.05. The van der Waals surface area contributed by atoms with Crippen LogP contribution in [0.5, 0.6) is 0 Å². The Morgan fingerprint density at radius 3 is 2.68 bits per heavy atom. The van der Waals surface area contributed by atoms with Gasteiger partial charge in [0.05, 0.1) is 11.3 Å². The van der Waals surface area contributed by atoms with E-state index in [1.807, 2.05) is 31.2 Å². The molecule has 1 heterocycles. The lowest BCUT2D eigenvalue weighted by Gasteiger charge is -2.00. The van der Waals surface area contributed by atoms with Gasteiger partial charge in [-0.3, -0.25) is 20.2 Å². The third-order valence-corrected chi connectivity index (χ3v) is 3.48. The van der Waals surface area contributed by atoms with Gasteiger partial charge in [0.2, 0.25) is 5.89 Å². The van der Waals surface area contributed by atoms with Crippen molar-refractivity contribution in [1.29, 1.82) is 0 Å². The SMILES string of the molecule is Cc1ccc(Cc2nnc(NC(=O)c3cccc([N+](=O)[O-])c3)o2)cc1. The van der Waals surface area contributed by atoms with E-state index in [1.54, 1.807) is 0 Å². The molecule has 0 radical (unpaired) electrons. The number of nitrogens with one attached hydrogen (secondary N) is 1. The number of hydrogen-bond donors (Lipinski definition) is 1. The fraction of sp³-hybridized carbons (Fsp3) is 0.118. The van der Waals surface area contributed by atoms with Crippen LogP contribution in [0, 0.1) is 17.0 Å². The van der Waals surface area contributed by atoms with Crippen molar-refractivity contribution < 1.29 is 14.1 Å². The smallest absolute Gasteiger partial charge is 0.322 e. The van der Waals surface area contributed by atoms with Gasteiger partial charge in [0.15, 0.2) is 0 Å². The Hall–Kier alpha value is -3.55. The van der Waals surface area contributed by atoms with Gasteiger partial charge >= 0.3 is 6.01 Å². The number of nitrogens with zero attached hydrogens (tertiary/aromatic N) is 3. The Morgan fingerprint density at radius 2 is 1.96 bits per heavy atom. The molecule has 0 saturated heterocycles. The molecule has 0 unspecified atom stereocenters. The first kappa shape index (κ1) is 16.3. The van der Waals surface area contributed by atoms with Crippen LogP contribution in [0.25, 0.3) is 0 Å². The van der Waals surface area contributed by atoms with E-state index in [4.69, 9.17) is 4.42 Å². The lowest BCUT2D eigenvalue weighted by molar-refractivity contribution is -0.384. The fourth-order valence-corrected chi connectivity index (χ4v) is 2.19. The van der Waals surface area contributed by atoms with E-state index in [1.165, 1.54) is 24.3 Å². The predicted octanol–water partition coefficient (Wildman–Crippen LogP) is 3.13. The van der Waals surface area contributed by atoms with Crippen LogP contribution in [-0.2, 0) is 6.42 Å². The second kappa shape index (κ2) is 6.91. The van der Waals surface area contributed by atoms with Crippen LogP contribution >= 0.6 is 0 Å². The lowest BCUT2D eigenvalue weighted by Crippen LogP contribution is -2.12. The summed E-state index contributed by atoms with van der Waals surface area (Å²) in [6.07, 6.45) is 0.444. The Morgan fingerprint density at radius 1 is 1.20 bits per heavy atom. The fourth-order valence-electron chi connectivity index (χ4n) is 2.19. The Kier molecular flexibility index (Phi) is 4.51. The minimum absolute atomic E-state index is 0.0568. The number of aryl methyl sites for hydroxylation is 1. The quantitative estimate of drug-likeness (QED) is 0.565. The average Bonchev–Trinajstić information content (AvgIpc) is 3.04. The molecule has 0 spiro atoms. The highest BCUT2D eigenvalue weighted by Crippen LogP contribution is 2.16. The van der Waals surface area contributed by atoms with Crippen molar-refractivity contribution in [2.45, 2.75) is 13.3 Å². The summed E-state index contributed by atoms with van der Waals surface area (Å²) in [5.41, 5.74) is 2.12. The molecule has 3 rings (SSSR count). The molecule has 0 saturated carbocycles.